The molecule has 0 aliphatic heterocycles. The molecule has 0 fully saturated rings. The zero-order valence-electron chi connectivity index (χ0n) is 7.97. The number of nitrogens with one attached hydrogen (secondary N) is 1. The molecule has 0 aromatic heterocycles. The van der Waals surface area contributed by atoms with E-state index in [4.69, 9.17) is 5.26 Å². The van der Waals surface area contributed by atoms with Crippen LogP contribution >= 0.6 is 11.8 Å². The molecule has 70 valence electrons. The van der Waals surface area contributed by atoms with Crippen LogP contribution in [0.2, 0.25) is 0 Å². The van der Waals surface area contributed by atoms with Crippen LogP contribution in [-0.4, -0.2) is 24.6 Å². The second kappa shape index (κ2) is 8.89. The normalized spacial score (nSPS) is 12.4. The minimum Gasteiger partial charge on any atom is -0.305 e. The highest BCUT2D eigenvalue weighted by atomic mass is 32.2. The summed E-state index contributed by atoms with van der Waals surface area (Å²) in [6, 6.07) is 2.26. The first-order valence-electron chi connectivity index (χ1n) is 4.49. The van der Waals surface area contributed by atoms with Crippen molar-refractivity contribution in [1.82, 2.24) is 5.32 Å². The topological polar surface area (TPSA) is 35.8 Å². The molecule has 0 radical (unpaired) electrons. The van der Waals surface area contributed by atoms with Crippen molar-refractivity contribution in [2.24, 2.45) is 0 Å². The van der Waals surface area contributed by atoms with E-state index >= 15 is 0 Å². The molecule has 1 N–H and O–H groups in total. The number of nitriles is 1. The third kappa shape index (κ3) is 6.51. The lowest BCUT2D eigenvalue weighted by atomic mass is 10.3. The minimum atomic E-state index is 0.0409. The third-order valence-corrected chi connectivity index (χ3v) is 2.80. The Kier molecular flexibility index (Phi) is 8.74. The summed E-state index contributed by atoms with van der Waals surface area (Å²) in [4.78, 5) is 0. The summed E-state index contributed by atoms with van der Waals surface area (Å²) >= 11 is 1.95. The van der Waals surface area contributed by atoms with Crippen LogP contribution in [0.25, 0.3) is 0 Å². The SMILES string of the molecule is CCCCSCCC(C#N)NC. The van der Waals surface area contributed by atoms with Gasteiger partial charge in [-0.2, -0.15) is 17.0 Å². The highest BCUT2D eigenvalue weighted by molar-refractivity contribution is 7.99. The van der Waals surface area contributed by atoms with Gasteiger partial charge >= 0.3 is 0 Å². The number of unbranched alkanes of at least 4 members (excludes halogenated alkanes) is 1. The third-order valence-electron chi connectivity index (χ3n) is 1.70. The van der Waals surface area contributed by atoms with E-state index in [0.717, 1.165) is 12.2 Å². The van der Waals surface area contributed by atoms with Gasteiger partial charge in [-0.15, -0.1) is 0 Å². The summed E-state index contributed by atoms with van der Waals surface area (Å²) in [6.07, 6.45) is 3.52. The maximum atomic E-state index is 8.61. The van der Waals surface area contributed by atoms with E-state index < -0.39 is 0 Å². The van der Waals surface area contributed by atoms with Crippen molar-refractivity contribution >= 4 is 11.8 Å². The Bertz CT molecular complexity index is 131. The van der Waals surface area contributed by atoms with Gasteiger partial charge in [0, 0.05) is 0 Å². The van der Waals surface area contributed by atoms with Crippen molar-refractivity contribution in [3.63, 3.8) is 0 Å². The highest BCUT2D eigenvalue weighted by Gasteiger charge is 2.01. The molecule has 0 saturated carbocycles. The van der Waals surface area contributed by atoms with E-state index in [2.05, 4.69) is 18.3 Å². The van der Waals surface area contributed by atoms with Crippen LogP contribution in [0.5, 0.6) is 0 Å². The van der Waals surface area contributed by atoms with Crippen molar-refractivity contribution in [2.45, 2.75) is 32.2 Å². The second-order valence-electron chi connectivity index (χ2n) is 2.72. The predicted molar refractivity (Wildman–Crippen MR) is 55.3 cm³/mol. The molecule has 0 saturated heterocycles. The molecule has 1 atom stereocenters. The highest BCUT2D eigenvalue weighted by Crippen LogP contribution is 2.07. The Morgan fingerprint density at radius 3 is 2.75 bits per heavy atom. The molecule has 2 nitrogen and oxygen atoms in total. The van der Waals surface area contributed by atoms with E-state index in [0.29, 0.717) is 0 Å². The van der Waals surface area contributed by atoms with E-state index in [1.54, 1.807) is 0 Å². The Labute approximate surface area is 79.7 Å². The standard InChI is InChI=1S/C9H18N2S/c1-3-4-6-12-7-5-9(8-10)11-2/h9,11H,3-7H2,1-2H3. The minimum absolute atomic E-state index is 0.0409. The molecule has 0 heterocycles. The van der Waals surface area contributed by atoms with Gasteiger partial charge in [0.1, 0.15) is 0 Å². The zero-order chi connectivity index (χ0) is 9.23. The molecular formula is C9H18N2S. The summed E-state index contributed by atoms with van der Waals surface area (Å²) in [6.45, 7) is 2.20. The van der Waals surface area contributed by atoms with Crippen molar-refractivity contribution in [2.75, 3.05) is 18.6 Å². The number of rotatable bonds is 7. The largest absolute Gasteiger partial charge is 0.305 e. The van der Waals surface area contributed by atoms with Crippen LogP contribution in [0.3, 0.4) is 0 Å². The van der Waals surface area contributed by atoms with Gasteiger partial charge in [0.15, 0.2) is 0 Å². The summed E-state index contributed by atoms with van der Waals surface area (Å²) < 4.78 is 0. The molecule has 0 spiro atoms. The first-order valence-corrected chi connectivity index (χ1v) is 5.65. The first-order chi connectivity index (χ1) is 5.85. The summed E-state index contributed by atoms with van der Waals surface area (Å²) in [5.74, 6) is 2.33. The van der Waals surface area contributed by atoms with Gasteiger partial charge in [0.25, 0.3) is 0 Å². The number of hydrogen-bond donors (Lipinski definition) is 1. The van der Waals surface area contributed by atoms with Crippen LogP contribution in [0, 0.1) is 11.3 Å². The van der Waals surface area contributed by atoms with Gasteiger partial charge in [-0.25, -0.2) is 0 Å². The van der Waals surface area contributed by atoms with Crippen molar-refractivity contribution in [3.8, 4) is 6.07 Å². The van der Waals surface area contributed by atoms with Gasteiger partial charge in [0.2, 0.25) is 0 Å². The second-order valence-corrected chi connectivity index (χ2v) is 3.95. The number of nitrogens with zero attached hydrogens (tertiary/aromatic N) is 1. The fourth-order valence-corrected chi connectivity index (χ4v) is 1.92. The Morgan fingerprint density at radius 2 is 2.25 bits per heavy atom. The lowest BCUT2D eigenvalue weighted by molar-refractivity contribution is 0.663. The van der Waals surface area contributed by atoms with Crippen LogP contribution in [0.4, 0.5) is 0 Å². The Morgan fingerprint density at radius 1 is 1.50 bits per heavy atom. The average Bonchev–Trinajstić information content (AvgIpc) is 2.11. The van der Waals surface area contributed by atoms with Gasteiger partial charge in [-0.1, -0.05) is 13.3 Å². The molecule has 0 aliphatic carbocycles. The van der Waals surface area contributed by atoms with E-state index in [1.165, 1.54) is 18.6 Å². The van der Waals surface area contributed by atoms with Crippen LogP contribution in [0.1, 0.15) is 26.2 Å². The Hall–Kier alpha value is -0.200. The molecule has 0 rings (SSSR count). The molecule has 12 heavy (non-hydrogen) atoms. The molecule has 0 aromatic carbocycles. The van der Waals surface area contributed by atoms with Gasteiger partial charge in [-0.05, 0) is 31.4 Å². The molecular weight excluding hydrogens is 168 g/mol. The summed E-state index contributed by atoms with van der Waals surface area (Å²) in [5.41, 5.74) is 0. The van der Waals surface area contributed by atoms with Crippen molar-refractivity contribution in [1.29, 1.82) is 5.26 Å². The molecule has 1 unspecified atom stereocenters. The molecule has 3 heteroatoms. The fraction of sp³-hybridized carbons (Fsp3) is 0.889. The first kappa shape index (κ1) is 11.8. The van der Waals surface area contributed by atoms with E-state index in [9.17, 15) is 0 Å². The summed E-state index contributed by atoms with van der Waals surface area (Å²) in [7, 11) is 1.84. The van der Waals surface area contributed by atoms with Gasteiger partial charge in [0.05, 0.1) is 12.1 Å². The zero-order valence-corrected chi connectivity index (χ0v) is 8.78. The fourth-order valence-electron chi connectivity index (χ4n) is 0.823. The smallest absolute Gasteiger partial charge is 0.0958 e. The quantitative estimate of drug-likeness (QED) is 0.618. The van der Waals surface area contributed by atoms with E-state index in [1.807, 2.05) is 18.8 Å². The molecule has 0 bridgehead atoms. The van der Waals surface area contributed by atoms with Gasteiger partial charge < -0.3 is 5.32 Å². The lowest BCUT2D eigenvalue weighted by Crippen LogP contribution is -2.23. The van der Waals surface area contributed by atoms with Crippen molar-refractivity contribution < 1.29 is 0 Å². The van der Waals surface area contributed by atoms with Crippen molar-refractivity contribution in [3.05, 3.63) is 0 Å². The molecule has 0 amide bonds. The van der Waals surface area contributed by atoms with E-state index in [-0.39, 0.29) is 6.04 Å². The maximum absolute atomic E-state index is 8.61. The number of thioether (sulfide) groups is 1. The summed E-state index contributed by atoms with van der Waals surface area (Å²) in [5, 5.41) is 11.6. The van der Waals surface area contributed by atoms with Crippen LogP contribution in [-0.2, 0) is 0 Å². The predicted octanol–water partition coefficient (Wildman–Crippen LogP) is 2.02. The maximum Gasteiger partial charge on any atom is 0.0958 e. The lowest BCUT2D eigenvalue weighted by Gasteiger charge is -2.05. The van der Waals surface area contributed by atoms with Crippen LogP contribution < -0.4 is 5.32 Å². The average molecular weight is 186 g/mol. The van der Waals surface area contributed by atoms with Gasteiger partial charge in [-0.3, -0.25) is 0 Å². The Balaban J connectivity index is 3.13. The molecule has 0 aliphatic rings. The molecule has 0 aromatic rings. The number of hydrogen-bond acceptors (Lipinski definition) is 3. The van der Waals surface area contributed by atoms with Crippen LogP contribution in [0.15, 0.2) is 0 Å². The monoisotopic (exact) mass is 186 g/mol.